The fraction of sp³-hybridized carbons (Fsp3) is 0.538. The van der Waals surface area contributed by atoms with Gasteiger partial charge in [0.1, 0.15) is 0 Å². The maximum Gasteiger partial charge on any atom is 0.387 e. The van der Waals surface area contributed by atoms with Crippen molar-refractivity contribution in [1.29, 1.82) is 0 Å². The van der Waals surface area contributed by atoms with Crippen molar-refractivity contribution in [2.24, 2.45) is 0 Å². The predicted molar refractivity (Wildman–Crippen MR) is 71.8 cm³/mol. The van der Waals surface area contributed by atoms with Gasteiger partial charge in [-0.25, -0.2) is 4.39 Å². The molecule has 1 aromatic rings. The van der Waals surface area contributed by atoms with Crippen LogP contribution in [0.3, 0.4) is 0 Å². The number of halogens is 3. The van der Waals surface area contributed by atoms with E-state index in [1.54, 1.807) is 7.11 Å². The number of methoxy groups -OCH3 is 1. The minimum Gasteiger partial charge on any atom is -0.432 e. The summed E-state index contributed by atoms with van der Waals surface area (Å²) >= 11 is 0. The van der Waals surface area contributed by atoms with Crippen molar-refractivity contribution in [2.45, 2.75) is 26.5 Å². The third kappa shape index (κ3) is 4.19. The van der Waals surface area contributed by atoms with Gasteiger partial charge in [0.05, 0.1) is 18.0 Å². The molecular formula is C13H19F3N2O2. The van der Waals surface area contributed by atoms with Crippen molar-refractivity contribution in [3.05, 3.63) is 17.9 Å². The summed E-state index contributed by atoms with van der Waals surface area (Å²) in [6.45, 7) is 1.66. The summed E-state index contributed by atoms with van der Waals surface area (Å²) in [5.41, 5.74) is 6.37. The van der Waals surface area contributed by atoms with Crippen molar-refractivity contribution in [2.75, 3.05) is 30.9 Å². The summed E-state index contributed by atoms with van der Waals surface area (Å²) in [4.78, 5) is 1.83. The van der Waals surface area contributed by atoms with E-state index in [4.69, 9.17) is 10.5 Å². The van der Waals surface area contributed by atoms with Crippen molar-refractivity contribution in [3.8, 4) is 5.75 Å². The standard InChI is InChI=1S/C13H19F3N2O2/c1-8(2)18(4-5-19-3)11-7-12(20-13(15)16)9(14)6-10(11)17/h6-8,13H,4-5,17H2,1-3H3. The Morgan fingerprint density at radius 1 is 1.30 bits per heavy atom. The van der Waals surface area contributed by atoms with Gasteiger partial charge in [-0.1, -0.05) is 0 Å². The SMILES string of the molecule is COCCN(c1cc(OC(F)F)c(F)cc1N)C(C)C. The first-order valence-electron chi connectivity index (χ1n) is 6.16. The predicted octanol–water partition coefficient (Wildman–Crippen LogP) is 2.87. The molecule has 0 fully saturated rings. The highest BCUT2D eigenvalue weighted by molar-refractivity contribution is 5.70. The summed E-state index contributed by atoms with van der Waals surface area (Å²) in [5.74, 6) is -1.44. The molecule has 0 aliphatic carbocycles. The van der Waals surface area contributed by atoms with E-state index in [1.165, 1.54) is 6.07 Å². The highest BCUT2D eigenvalue weighted by Gasteiger charge is 2.18. The van der Waals surface area contributed by atoms with Crippen LogP contribution in [0, 0.1) is 5.82 Å². The number of alkyl halides is 2. The quantitative estimate of drug-likeness (QED) is 0.785. The average molecular weight is 292 g/mol. The fourth-order valence-corrected chi connectivity index (χ4v) is 1.84. The molecule has 20 heavy (non-hydrogen) atoms. The topological polar surface area (TPSA) is 47.7 Å². The van der Waals surface area contributed by atoms with Crippen LogP contribution < -0.4 is 15.4 Å². The van der Waals surface area contributed by atoms with Gasteiger partial charge in [-0.3, -0.25) is 0 Å². The van der Waals surface area contributed by atoms with Gasteiger partial charge >= 0.3 is 6.61 Å². The lowest BCUT2D eigenvalue weighted by Gasteiger charge is -2.30. The van der Waals surface area contributed by atoms with E-state index >= 15 is 0 Å². The van der Waals surface area contributed by atoms with E-state index in [0.29, 0.717) is 18.8 Å². The number of nitrogens with two attached hydrogens (primary N) is 1. The van der Waals surface area contributed by atoms with Crippen LogP contribution in [0.15, 0.2) is 12.1 Å². The summed E-state index contributed by atoms with van der Waals surface area (Å²) < 4.78 is 47.2. The molecule has 0 saturated carbocycles. The van der Waals surface area contributed by atoms with Crippen LogP contribution in [-0.2, 0) is 4.74 Å². The minimum absolute atomic E-state index is 0.0392. The number of nitrogens with zero attached hydrogens (tertiary/aromatic N) is 1. The maximum absolute atomic E-state index is 13.5. The molecule has 0 aliphatic heterocycles. The van der Waals surface area contributed by atoms with Gasteiger partial charge in [-0.2, -0.15) is 8.78 Å². The van der Waals surface area contributed by atoms with Crippen LogP contribution >= 0.6 is 0 Å². The Balaban J connectivity index is 3.13. The lowest BCUT2D eigenvalue weighted by Crippen LogP contribution is -2.34. The highest BCUT2D eigenvalue weighted by Crippen LogP contribution is 2.32. The number of nitrogen functional groups attached to an aromatic ring is 1. The van der Waals surface area contributed by atoms with Crippen LogP contribution in [0.2, 0.25) is 0 Å². The molecule has 0 atom stereocenters. The molecule has 0 aliphatic rings. The zero-order chi connectivity index (χ0) is 15.3. The van der Waals surface area contributed by atoms with Crippen LogP contribution in [0.1, 0.15) is 13.8 Å². The maximum atomic E-state index is 13.5. The number of ether oxygens (including phenoxy) is 2. The van der Waals surface area contributed by atoms with Gasteiger partial charge < -0.3 is 20.1 Å². The first kappa shape index (κ1) is 16.4. The van der Waals surface area contributed by atoms with Crippen LogP contribution in [0.25, 0.3) is 0 Å². The number of hydrogen-bond acceptors (Lipinski definition) is 4. The zero-order valence-electron chi connectivity index (χ0n) is 11.7. The molecule has 0 aromatic heterocycles. The van der Waals surface area contributed by atoms with Gasteiger partial charge in [0.2, 0.25) is 0 Å². The molecule has 1 rings (SSSR count). The molecule has 0 radical (unpaired) electrons. The molecule has 0 saturated heterocycles. The van der Waals surface area contributed by atoms with E-state index in [9.17, 15) is 13.2 Å². The lowest BCUT2D eigenvalue weighted by atomic mass is 10.2. The Hall–Kier alpha value is -1.63. The number of benzene rings is 1. The largest absolute Gasteiger partial charge is 0.432 e. The molecule has 7 heteroatoms. The molecule has 0 spiro atoms. The summed E-state index contributed by atoms with van der Waals surface area (Å²) in [5, 5.41) is 0. The third-order valence-corrected chi connectivity index (χ3v) is 2.77. The second-order valence-corrected chi connectivity index (χ2v) is 4.50. The molecule has 4 nitrogen and oxygen atoms in total. The van der Waals surface area contributed by atoms with Crippen molar-refractivity contribution in [1.82, 2.24) is 0 Å². The zero-order valence-corrected chi connectivity index (χ0v) is 11.7. The van der Waals surface area contributed by atoms with Crippen molar-refractivity contribution in [3.63, 3.8) is 0 Å². The highest BCUT2D eigenvalue weighted by atomic mass is 19.3. The molecule has 1 aromatic carbocycles. The first-order chi connectivity index (χ1) is 9.36. The number of hydrogen-bond donors (Lipinski definition) is 1. The molecule has 2 N–H and O–H groups in total. The first-order valence-corrected chi connectivity index (χ1v) is 6.16. The van der Waals surface area contributed by atoms with Crippen LogP contribution in [0.5, 0.6) is 5.75 Å². The Morgan fingerprint density at radius 3 is 2.45 bits per heavy atom. The summed E-state index contributed by atoms with van der Waals surface area (Å²) in [7, 11) is 1.55. The second-order valence-electron chi connectivity index (χ2n) is 4.50. The van der Waals surface area contributed by atoms with Gasteiger partial charge in [0.15, 0.2) is 11.6 Å². The van der Waals surface area contributed by atoms with Crippen LogP contribution in [0.4, 0.5) is 24.5 Å². The van der Waals surface area contributed by atoms with E-state index < -0.39 is 18.2 Å². The van der Waals surface area contributed by atoms with E-state index in [2.05, 4.69) is 4.74 Å². The van der Waals surface area contributed by atoms with E-state index in [1.807, 2.05) is 18.7 Å². The number of anilines is 2. The van der Waals surface area contributed by atoms with E-state index in [-0.39, 0.29) is 11.7 Å². The molecule has 0 bridgehead atoms. The second kappa shape index (κ2) is 7.23. The monoisotopic (exact) mass is 292 g/mol. The molecular weight excluding hydrogens is 273 g/mol. The Labute approximate surface area is 116 Å². The molecule has 0 heterocycles. The van der Waals surface area contributed by atoms with Crippen LogP contribution in [-0.4, -0.2) is 32.9 Å². The Morgan fingerprint density at radius 2 is 1.95 bits per heavy atom. The van der Waals surface area contributed by atoms with Gasteiger partial charge in [0, 0.05) is 31.8 Å². The minimum atomic E-state index is -3.09. The summed E-state index contributed by atoms with van der Waals surface area (Å²) in [6, 6.07) is 2.21. The van der Waals surface area contributed by atoms with Crippen molar-refractivity contribution < 1.29 is 22.6 Å². The Bertz CT molecular complexity index is 442. The van der Waals surface area contributed by atoms with Gasteiger partial charge in [-0.15, -0.1) is 0 Å². The lowest BCUT2D eigenvalue weighted by molar-refractivity contribution is -0.0521. The average Bonchev–Trinajstić information content (AvgIpc) is 2.33. The van der Waals surface area contributed by atoms with Gasteiger partial charge in [-0.05, 0) is 13.8 Å². The smallest absolute Gasteiger partial charge is 0.387 e. The fourth-order valence-electron chi connectivity index (χ4n) is 1.84. The number of rotatable bonds is 7. The normalized spacial score (nSPS) is 11.2. The molecule has 0 unspecified atom stereocenters. The molecule has 0 amide bonds. The van der Waals surface area contributed by atoms with Crippen molar-refractivity contribution >= 4 is 11.4 Å². The Kier molecular flexibility index (Phi) is 5.94. The molecule has 114 valence electrons. The van der Waals surface area contributed by atoms with E-state index in [0.717, 1.165) is 6.07 Å². The summed E-state index contributed by atoms with van der Waals surface area (Å²) in [6.07, 6.45) is 0. The van der Waals surface area contributed by atoms with Gasteiger partial charge in [0.25, 0.3) is 0 Å². The third-order valence-electron chi connectivity index (χ3n) is 2.77.